The second-order valence-corrected chi connectivity index (χ2v) is 5.68. The fourth-order valence-electron chi connectivity index (χ4n) is 3.39. The molecule has 1 amide bonds. The van der Waals surface area contributed by atoms with Gasteiger partial charge in [0.2, 0.25) is 0 Å². The van der Waals surface area contributed by atoms with Gasteiger partial charge in [-0.15, -0.1) is 0 Å². The lowest BCUT2D eigenvalue weighted by Gasteiger charge is -2.36. The molecule has 3 aliphatic rings. The van der Waals surface area contributed by atoms with Gasteiger partial charge in [-0.05, 0) is 30.5 Å². The molecule has 4 rings (SSSR count). The average molecular weight is 280 g/mol. The molecule has 3 saturated heterocycles. The minimum absolute atomic E-state index is 0.0616. The number of ether oxygens (including phenoxy) is 1. The van der Waals surface area contributed by atoms with Crippen molar-refractivity contribution in [1.82, 2.24) is 10.2 Å². The molecule has 4 nitrogen and oxygen atoms in total. The molecule has 106 valence electrons. The number of carbonyl (C=O) groups excluding carboxylic acids is 1. The Bertz CT molecular complexity index is 568. The Kier molecular flexibility index (Phi) is 2.44. The minimum Gasteiger partial charge on any atom is -0.339 e. The third-order valence-electron chi connectivity index (χ3n) is 4.41. The molecular formula is C14H14F2N2O2. The summed E-state index contributed by atoms with van der Waals surface area (Å²) in [6, 6.07) is 3.15. The van der Waals surface area contributed by atoms with Crippen LogP contribution in [-0.4, -0.2) is 35.7 Å². The van der Waals surface area contributed by atoms with Crippen molar-refractivity contribution in [2.24, 2.45) is 0 Å². The summed E-state index contributed by atoms with van der Waals surface area (Å²) in [7, 11) is 0. The van der Waals surface area contributed by atoms with Crippen LogP contribution in [0.3, 0.4) is 0 Å². The summed E-state index contributed by atoms with van der Waals surface area (Å²) in [6.07, 6.45) is 1.11. The maximum absolute atomic E-state index is 13.4. The van der Waals surface area contributed by atoms with Gasteiger partial charge >= 0.3 is 0 Å². The number of hydrogen-bond acceptors (Lipinski definition) is 3. The number of fused-ring (bicyclic) bond motifs is 1. The third kappa shape index (κ3) is 1.55. The second-order valence-electron chi connectivity index (χ2n) is 5.68. The van der Waals surface area contributed by atoms with E-state index in [1.54, 1.807) is 4.90 Å². The number of nitrogens with one attached hydrogen (secondary N) is 1. The summed E-state index contributed by atoms with van der Waals surface area (Å²) in [4.78, 5) is 14.2. The summed E-state index contributed by atoms with van der Waals surface area (Å²) < 4.78 is 32.6. The van der Waals surface area contributed by atoms with Gasteiger partial charge in [-0.2, -0.15) is 0 Å². The van der Waals surface area contributed by atoms with Crippen molar-refractivity contribution in [2.45, 2.75) is 30.7 Å². The first kappa shape index (κ1) is 12.2. The van der Waals surface area contributed by atoms with E-state index >= 15 is 0 Å². The summed E-state index contributed by atoms with van der Waals surface area (Å²) in [5, 5.41) is 3.04. The summed E-state index contributed by atoms with van der Waals surface area (Å²) in [6.45, 7) is 1.03. The van der Waals surface area contributed by atoms with Gasteiger partial charge < -0.3 is 15.0 Å². The lowest BCUT2D eigenvalue weighted by molar-refractivity contribution is -0.143. The maximum atomic E-state index is 13.4. The molecule has 0 bridgehead atoms. The van der Waals surface area contributed by atoms with Gasteiger partial charge in [0.1, 0.15) is 17.9 Å². The van der Waals surface area contributed by atoms with E-state index < -0.39 is 17.2 Å². The second kappa shape index (κ2) is 3.99. The standard InChI is InChI=1S/C14H14F2N2O2/c15-9-3-8(4-10(16)5-9)11-1-2-12-18(11)13(19)14(20-12)6-17-7-14/h3-5,11-12,17H,1-2,6-7H2/t11-,12+/m0/s1. The van der Waals surface area contributed by atoms with E-state index in [1.165, 1.54) is 12.1 Å². The number of amides is 1. The molecule has 1 aromatic carbocycles. The van der Waals surface area contributed by atoms with Crippen molar-refractivity contribution in [3.63, 3.8) is 0 Å². The fraction of sp³-hybridized carbons (Fsp3) is 0.500. The molecule has 0 aromatic heterocycles. The molecule has 3 heterocycles. The van der Waals surface area contributed by atoms with Gasteiger partial charge in [0.25, 0.3) is 5.91 Å². The Balaban J connectivity index is 1.68. The molecule has 0 saturated carbocycles. The molecular weight excluding hydrogens is 266 g/mol. The number of rotatable bonds is 1. The van der Waals surface area contributed by atoms with Crippen LogP contribution >= 0.6 is 0 Å². The maximum Gasteiger partial charge on any atom is 0.260 e. The van der Waals surface area contributed by atoms with E-state index in [9.17, 15) is 13.6 Å². The number of halogens is 2. The Morgan fingerprint density at radius 3 is 2.50 bits per heavy atom. The molecule has 0 radical (unpaired) electrons. The van der Waals surface area contributed by atoms with Crippen molar-refractivity contribution >= 4 is 5.91 Å². The van der Waals surface area contributed by atoms with Gasteiger partial charge in [0, 0.05) is 19.2 Å². The molecule has 1 N–H and O–H groups in total. The molecule has 3 aliphatic heterocycles. The van der Waals surface area contributed by atoms with Crippen molar-refractivity contribution in [2.75, 3.05) is 13.1 Å². The lowest BCUT2D eigenvalue weighted by Crippen LogP contribution is -2.64. The first-order valence-electron chi connectivity index (χ1n) is 6.76. The van der Waals surface area contributed by atoms with Crippen LogP contribution in [0.25, 0.3) is 0 Å². The normalized spacial score (nSPS) is 30.7. The highest BCUT2D eigenvalue weighted by Gasteiger charge is 2.60. The molecule has 20 heavy (non-hydrogen) atoms. The Hall–Kier alpha value is -1.53. The number of benzene rings is 1. The Morgan fingerprint density at radius 2 is 1.90 bits per heavy atom. The van der Waals surface area contributed by atoms with Crippen LogP contribution in [-0.2, 0) is 9.53 Å². The predicted octanol–water partition coefficient (Wildman–Crippen LogP) is 1.33. The van der Waals surface area contributed by atoms with E-state index in [4.69, 9.17) is 4.74 Å². The summed E-state index contributed by atoms with van der Waals surface area (Å²) >= 11 is 0. The zero-order chi connectivity index (χ0) is 13.9. The Labute approximate surface area is 114 Å². The van der Waals surface area contributed by atoms with Crippen molar-refractivity contribution < 1.29 is 18.3 Å². The van der Waals surface area contributed by atoms with Crippen LogP contribution in [0.4, 0.5) is 8.78 Å². The largest absolute Gasteiger partial charge is 0.339 e. The molecule has 0 unspecified atom stereocenters. The minimum atomic E-state index is -0.741. The van der Waals surface area contributed by atoms with Gasteiger partial charge in [0.05, 0.1) is 6.04 Å². The van der Waals surface area contributed by atoms with Crippen LogP contribution in [0.2, 0.25) is 0 Å². The number of hydrogen-bond donors (Lipinski definition) is 1. The highest BCUT2D eigenvalue weighted by atomic mass is 19.1. The zero-order valence-electron chi connectivity index (χ0n) is 10.7. The molecule has 2 atom stereocenters. The summed E-state index contributed by atoms with van der Waals surface area (Å²) in [5.41, 5.74) is -0.235. The first-order valence-corrected chi connectivity index (χ1v) is 6.76. The average Bonchev–Trinajstić information content (AvgIpc) is 2.85. The summed E-state index contributed by atoms with van der Waals surface area (Å²) in [5.74, 6) is -1.29. The van der Waals surface area contributed by atoms with Crippen molar-refractivity contribution in [1.29, 1.82) is 0 Å². The van der Waals surface area contributed by atoms with Crippen molar-refractivity contribution in [3.05, 3.63) is 35.4 Å². The fourth-order valence-corrected chi connectivity index (χ4v) is 3.39. The number of nitrogens with zero attached hydrogens (tertiary/aromatic N) is 1. The molecule has 3 fully saturated rings. The predicted molar refractivity (Wildman–Crippen MR) is 65.7 cm³/mol. The van der Waals surface area contributed by atoms with Crippen LogP contribution in [0.15, 0.2) is 18.2 Å². The van der Waals surface area contributed by atoms with Gasteiger partial charge in [-0.25, -0.2) is 8.78 Å². The van der Waals surface area contributed by atoms with Crippen LogP contribution in [0.1, 0.15) is 24.4 Å². The number of carbonyl (C=O) groups is 1. The van der Waals surface area contributed by atoms with Crippen LogP contribution < -0.4 is 5.32 Å². The topological polar surface area (TPSA) is 41.6 Å². The van der Waals surface area contributed by atoms with E-state index in [1.807, 2.05) is 0 Å². The highest BCUT2D eigenvalue weighted by molar-refractivity contribution is 5.89. The first-order chi connectivity index (χ1) is 9.59. The van der Waals surface area contributed by atoms with E-state index in [0.717, 1.165) is 6.07 Å². The van der Waals surface area contributed by atoms with E-state index in [2.05, 4.69) is 5.32 Å². The molecule has 1 spiro atoms. The van der Waals surface area contributed by atoms with Crippen molar-refractivity contribution in [3.8, 4) is 0 Å². The Morgan fingerprint density at radius 1 is 1.20 bits per heavy atom. The molecule has 1 aromatic rings. The monoisotopic (exact) mass is 280 g/mol. The SMILES string of the molecule is O=C1N2[C@@H](CC[C@H]2c2cc(F)cc(F)c2)OC12CNC2. The lowest BCUT2D eigenvalue weighted by atomic mass is 9.94. The van der Waals surface area contributed by atoms with E-state index in [0.29, 0.717) is 31.5 Å². The highest BCUT2D eigenvalue weighted by Crippen LogP contribution is 2.45. The smallest absolute Gasteiger partial charge is 0.260 e. The quantitative estimate of drug-likeness (QED) is 0.843. The molecule has 0 aliphatic carbocycles. The van der Waals surface area contributed by atoms with Gasteiger partial charge in [-0.3, -0.25) is 4.79 Å². The van der Waals surface area contributed by atoms with Crippen LogP contribution in [0.5, 0.6) is 0 Å². The molecule has 6 heteroatoms. The third-order valence-corrected chi connectivity index (χ3v) is 4.41. The van der Waals surface area contributed by atoms with Gasteiger partial charge in [-0.1, -0.05) is 0 Å². The van der Waals surface area contributed by atoms with E-state index in [-0.39, 0.29) is 18.2 Å². The zero-order valence-corrected chi connectivity index (χ0v) is 10.7. The van der Waals surface area contributed by atoms with Crippen LogP contribution in [0, 0.1) is 11.6 Å². The van der Waals surface area contributed by atoms with Gasteiger partial charge in [0.15, 0.2) is 5.60 Å².